The Balaban J connectivity index is 1.74. The minimum atomic E-state index is -0.0733. The van der Waals surface area contributed by atoms with E-state index in [-0.39, 0.29) is 5.91 Å². The highest BCUT2D eigenvalue weighted by Crippen LogP contribution is 2.43. The van der Waals surface area contributed by atoms with Gasteiger partial charge in [0.05, 0.1) is 26.5 Å². The second-order valence-electron chi connectivity index (χ2n) is 6.02. The third-order valence-electron chi connectivity index (χ3n) is 4.64. The summed E-state index contributed by atoms with van der Waals surface area (Å²) in [6.45, 7) is 2.95. The molecule has 0 N–H and O–H groups in total. The Morgan fingerprint density at radius 3 is 2.52 bits per heavy atom. The standard InChI is InChI=1S/C19H20N2O4/c1-23-14-10-13(11-15(12-14)24-2)19(22)21-7-6-20-8-9-25-17-5-3-4-16(21)18(17)20/h3-5,10-12H,6-9H2,1-2H3. The Hall–Kier alpha value is -2.89. The van der Waals surface area contributed by atoms with Gasteiger partial charge in [-0.25, -0.2) is 0 Å². The van der Waals surface area contributed by atoms with Crippen molar-refractivity contribution in [1.82, 2.24) is 0 Å². The molecule has 2 aliphatic heterocycles. The molecule has 6 nitrogen and oxygen atoms in total. The lowest BCUT2D eigenvalue weighted by Gasteiger charge is -2.41. The highest BCUT2D eigenvalue weighted by molar-refractivity contribution is 6.09. The number of methoxy groups -OCH3 is 2. The summed E-state index contributed by atoms with van der Waals surface area (Å²) in [5, 5.41) is 0. The van der Waals surface area contributed by atoms with Crippen molar-refractivity contribution < 1.29 is 19.0 Å². The van der Waals surface area contributed by atoms with Crippen molar-refractivity contribution in [2.24, 2.45) is 0 Å². The lowest BCUT2D eigenvalue weighted by Crippen LogP contribution is -2.47. The van der Waals surface area contributed by atoms with Gasteiger partial charge in [0.25, 0.3) is 5.91 Å². The first-order chi connectivity index (χ1) is 12.2. The predicted molar refractivity (Wildman–Crippen MR) is 95.4 cm³/mol. The molecule has 2 aromatic carbocycles. The summed E-state index contributed by atoms with van der Waals surface area (Å²) in [5.41, 5.74) is 2.43. The Bertz CT molecular complexity index is 799. The van der Waals surface area contributed by atoms with Crippen LogP contribution < -0.4 is 24.0 Å². The van der Waals surface area contributed by atoms with Crippen molar-refractivity contribution in [3.63, 3.8) is 0 Å². The topological polar surface area (TPSA) is 51.2 Å². The molecule has 0 aromatic heterocycles. The summed E-state index contributed by atoms with van der Waals surface area (Å²) in [6.07, 6.45) is 0. The first kappa shape index (κ1) is 15.6. The van der Waals surface area contributed by atoms with E-state index in [0.717, 1.165) is 30.2 Å². The fraction of sp³-hybridized carbons (Fsp3) is 0.316. The van der Waals surface area contributed by atoms with E-state index in [1.165, 1.54) is 0 Å². The fourth-order valence-corrected chi connectivity index (χ4v) is 3.40. The third-order valence-corrected chi connectivity index (χ3v) is 4.64. The molecule has 2 aliphatic rings. The molecule has 0 saturated carbocycles. The van der Waals surface area contributed by atoms with Crippen LogP contribution in [0.15, 0.2) is 36.4 Å². The molecule has 0 saturated heterocycles. The number of rotatable bonds is 3. The van der Waals surface area contributed by atoms with E-state index in [0.29, 0.717) is 30.2 Å². The van der Waals surface area contributed by atoms with E-state index >= 15 is 0 Å². The van der Waals surface area contributed by atoms with Gasteiger partial charge in [-0.1, -0.05) is 6.07 Å². The fourth-order valence-electron chi connectivity index (χ4n) is 3.40. The van der Waals surface area contributed by atoms with Crippen LogP contribution in [-0.4, -0.2) is 46.4 Å². The number of carbonyl (C=O) groups is 1. The number of hydrogen-bond acceptors (Lipinski definition) is 5. The van der Waals surface area contributed by atoms with E-state index in [2.05, 4.69) is 4.90 Å². The Morgan fingerprint density at radius 1 is 1.04 bits per heavy atom. The van der Waals surface area contributed by atoms with Crippen molar-refractivity contribution >= 4 is 17.3 Å². The lowest BCUT2D eigenvalue weighted by atomic mass is 10.1. The molecule has 1 amide bonds. The molecule has 0 spiro atoms. The molecular weight excluding hydrogens is 320 g/mol. The second-order valence-corrected chi connectivity index (χ2v) is 6.02. The number of ether oxygens (including phenoxy) is 3. The van der Waals surface area contributed by atoms with Crippen molar-refractivity contribution in [2.45, 2.75) is 0 Å². The highest BCUT2D eigenvalue weighted by Gasteiger charge is 2.32. The molecular formula is C19H20N2O4. The van der Waals surface area contributed by atoms with Crippen LogP contribution in [0.25, 0.3) is 0 Å². The van der Waals surface area contributed by atoms with Gasteiger partial charge in [-0.3, -0.25) is 4.79 Å². The number of carbonyl (C=O) groups excluding carboxylic acids is 1. The van der Waals surface area contributed by atoms with Gasteiger partial charge in [0, 0.05) is 24.7 Å². The van der Waals surface area contributed by atoms with Gasteiger partial charge >= 0.3 is 0 Å². The van der Waals surface area contributed by atoms with Crippen LogP contribution in [0.3, 0.4) is 0 Å². The van der Waals surface area contributed by atoms with Crippen molar-refractivity contribution in [3.05, 3.63) is 42.0 Å². The van der Waals surface area contributed by atoms with E-state index < -0.39 is 0 Å². The summed E-state index contributed by atoms with van der Waals surface area (Å²) in [5.74, 6) is 1.96. The van der Waals surface area contributed by atoms with E-state index in [9.17, 15) is 4.79 Å². The molecule has 0 atom stereocenters. The normalized spacial score (nSPS) is 15.3. The van der Waals surface area contributed by atoms with Crippen LogP contribution in [-0.2, 0) is 0 Å². The van der Waals surface area contributed by atoms with E-state index in [1.54, 1.807) is 37.3 Å². The van der Waals surface area contributed by atoms with Crippen molar-refractivity contribution in [3.8, 4) is 17.2 Å². The van der Waals surface area contributed by atoms with Gasteiger partial charge in [0.15, 0.2) is 0 Å². The molecule has 0 bridgehead atoms. The number of hydrogen-bond donors (Lipinski definition) is 0. The van der Waals surface area contributed by atoms with Crippen molar-refractivity contribution in [1.29, 1.82) is 0 Å². The molecule has 6 heteroatoms. The van der Waals surface area contributed by atoms with E-state index in [4.69, 9.17) is 14.2 Å². The second kappa shape index (κ2) is 6.20. The monoisotopic (exact) mass is 340 g/mol. The summed E-state index contributed by atoms with van der Waals surface area (Å²) in [4.78, 5) is 17.3. The van der Waals surface area contributed by atoms with E-state index in [1.807, 2.05) is 18.2 Å². The molecule has 0 fully saturated rings. The largest absolute Gasteiger partial charge is 0.497 e. The molecule has 0 aliphatic carbocycles. The quantitative estimate of drug-likeness (QED) is 0.859. The van der Waals surface area contributed by atoms with Gasteiger partial charge in [0.2, 0.25) is 0 Å². The average Bonchev–Trinajstić information content (AvgIpc) is 2.67. The van der Waals surface area contributed by atoms with Gasteiger partial charge in [-0.15, -0.1) is 0 Å². The van der Waals surface area contributed by atoms with Gasteiger partial charge in [0.1, 0.15) is 29.5 Å². The van der Waals surface area contributed by atoms with Crippen LogP contribution >= 0.6 is 0 Å². The summed E-state index contributed by atoms with van der Waals surface area (Å²) in [7, 11) is 3.15. The van der Waals surface area contributed by atoms with Crippen LogP contribution in [0.5, 0.6) is 17.2 Å². The summed E-state index contributed by atoms with van der Waals surface area (Å²) < 4.78 is 16.3. The Labute approximate surface area is 146 Å². The molecule has 25 heavy (non-hydrogen) atoms. The summed E-state index contributed by atoms with van der Waals surface area (Å²) >= 11 is 0. The smallest absolute Gasteiger partial charge is 0.258 e. The number of amides is 1. The molecule has 0 radical (unpaired) electrons. The third kappa shape index (κ3) is 2.63. The highest BCUT2D eigenvalue weighted by atomic mass is 16.5. The molecule has 2 aromatic rings. The van der Waals surface area contributed by atoms with Crippen molar-refractivity contribution in [2.75, 3.05) is 50.3 Å². The first-order valence-corrected chi connectivity index (χ1v) is 8.27. The Kier molecular flexibility index (Phi) is 3.87. The molecule has 4 rings (SSSR count). The number of para-hydroxylation sites is 1. The SMILES string of the molecule is COc1cc(OC)cc(C(=O)N2CCN3CCOc4cccc2c43)c1. The zero-order valence-electron chi connectivity index (χ0n) is 14.3. The Morgan fingerprint density at radius 2 is 1.80 bits per heavy atom. The number of nitrogens with zero attached hydrogens (tertiary/aromatic N) is 2. The first-order valence-electron chi connectivity index (χ1n) is 8.27. The maximum Gasteiger partial charge on any atom is 0.258 e. The van der Waals surface area contributed by atoms with Gasteiger partial charge in [-0.2, -0.15) is 0 Å². The maximum absolute atomic E-state index is 13.2. The van der Waals surface area contributed by atoms with Crippen LogP contribution in [0.4, 0.5) is 11.4 Å². The average molecular weight is 340 g/mol. The lowest BCUT2D eigenvalue weighted by molar-refractivity contribution is 0.0985. The zero-order valence-corrected chi connectivity index (χ0v) is 14.3. The molecule has 2 heterocycles. The van der Waals surface area contributed by atoms with Crippen LogP contribution in [0.1, 0.15) is 10.4 Å². The summed E-state index contributed by atoms with van der Waals surface area (Å²) in [6, 6.07) is 11.1. The number of benzene rings is 2. The zero-order chi connectivity index (χ0) is 17.4. The van der Waals surface area contributed by atoms with Gasteiger partial charge in [-0.05, 0) is 24.3 Å². The van der Waals surface area contributed by atoms with Gasteiger partial charge < -0.3 is 24.0 Å². The van der Waals surface area contributed by atoms with Crippen LogP contribution in [0, 0.1) is 0 Å². The minimum Gasteiger partial charge on any atom is -0.497 e. The molecule has 130 valence electrons. The maximum atomic E-state index is 13.2. The predicted octanol–water partition coefficient (Wildman–Crippen LogP) is 2.56. The molecule has 0 unspecified atom stereocenters. The minimum absolute atomic E-state index is 0.0733. The van der Waals surface area contributed by atoms with Crippen LogP contribution in [0.2, 0.25) is 0 Å². The number of anilines is 2.